The molecule has 0 aliphatic heterocycles. The molecule has 5 nitrogen and oxygen atoms in total. The summed E-state index contributed by atoms with van der Waals surface area (Å²) in [6, 6.07) is -0.0496. The summed E-state index contributed by atoms with van der Waals surface area (Å²) in [5.41, 5.74) is 0. The smallest absolute Gasteiger partial charge is 0.407 e. The molecule has 0 aliphatic carbocycles. The molecule has 16 heavy (non-hydrogen) atoms. The van der Waals surface area contributed by atoms with Crippen molar-refractivity contribution in [2.45, 2.75) is 45.6 Å². The lowest BCUT2D eigenvalue weighted by Crippen LogP contribution is -2.34. The second-order valence-electron chi connectivity index (χ2n) is 3.75. The molecule has 0 aromatic heterocycles. The summed E-state index contributed by atoms with van der Waals surface area (Å²) in [6.45, 7) is 4.34. The second kappa shape index (κ2) is 9.00. The average Bonchev–Trinajstić information content (AvgIpc) is 2.26. The summed E-state index contributed by atoms with van der Waals surface area (Å²) in [4.78, 5) is 22.2. The summed E-state index contributed by atoms with van der Waals surface area (Å²) < 4.78 is 4.94. The maximum Gasteiger partial charge on any atom is 0.407 e. The number of hydrogen-bond donors (Lipinski definition) is 2. The van der Waals surface area contributed by atoms with Gasteiger partial charge in [0.05, 0.1) is 6.61 Å². The van der Waals surface area contributed by atoms with Crippen molar-refractivity contribution in [3.05, 3.63) is 0 Å². The largest absolute Gasteiger partial charge is 0.450 e. The number of ether oxygens (including phenoxy) is 1. The fourth-order valence-electron chi connectivity index (χ4n) is 1.10. The Morgan fingerprint density at radius 1 is 1.38 bits per heavy atom. The van der Waals surface area contributed by atoms with Gasteiger partial charge < -0.3 is 15.4 Å². The summed E-state index contributed by atoms with van der Waals surface area (Å²) in [5.74, 6) is -0.0204. The molecule has 0 heterocycles. The minimum atomic E-state index is -0.405. The van der Waals surface area contributed by atoms with Crippen LogP contribution in [0.4, 0.5) is 4.79 Å². The maximum absolute atomic E-state index is 11.2. The van der Waals surface area contributed by atoms with E-state index in [0.717, 1.165) is 12.8 Å². The van der Waals surface area contributed by atoms with Crippen LogP contribution < -0.4 is 10.6 Å². The lowest BCUT2D eigenvalue weighted by Gasteiger charge is -2.13. The summed E-state index contributed by atoms with van der Waals surface area (Å²) in [5, 5.41) is 5.21. The first-order valence-corrected chi connectivity index (χ1v) is 5.74. The summed E-state index contributed by atoms with van der Waals surface area (Å²) in [6.07, 6.45) is 2.49. The lowest BCUT2D eigenvalue weighted by atomic mass is 10.2. The van der Waals surface area contributed by atoms with Gasteiger partial charge in [-0.05, 0) is 19.8 Å². The highest BCUT2D eigenvalue weighted by molar-refractivity contribution is 5.75. The summed E-state index contributed by atoms with van der Waals surface area (Å²) in [7, 11) is 1.60. The second-order valence-corrected chi connectivity index (χ2v) is 3.75. The Balaban J connectivity index is 3.57. The highest BCUT2D eigenvalue weighted by Gasteiger charge is 2.09. The van der Waals surface area contributed by atoms with E-state index >= 15 is 0 Å². The zero-order chi connectivity index (χ0) is 12.4. The summed E-state index contributed by atoms with van der Waals surface area (Å²) >= 11 is 0. The van der Waals surface area contributed by atoms with E-state index in [1.54, 1.807) is 7.05 Å². The fraction of sp³-hybridized carbons (Fsp3) is 0.818. The van der Waals surface area contributed by atoms with E-state index in [9.17, 15) is 9.59 Å². The maximum atomic E-state index is 11.2. The van der Waals surface area contributed by atoms with Gasteiger partial charge in [0.15, 0.2) is 0 Å². The van der Waals surface area contributed by atoms with Gasteiger partial charge in [-0.2, -0.15) is 0 Å². The molecule has 0 bridgehead atoms. The van der Waals surface area contributed by atoms with Crippen LogP contribution in [0, 0.1) is 0 Å². The zero-order valence-corrected chi connectivity index (χ0v) is 10.3. The van der Waals surface area contributed by atoms with Crippen LogP contribution in [-0.4, -0.2) is 31.7 Å². The van der Waals surface area contributed by atoms with Gasteiger partial charge >= 0.3 is 6.09 Å². The van der Waals surface area contributed by atoms with Crippen LogP contribution in [0.25, 0.3) is 0 Å². The van der Waals surface area contributed by atoms with Crippen LogP contribution in [-0.2, 0) is 9.53 Å². The quantitative estimate of drug-likeness (QED) is 0.650. The Morgan fingerprint density at radius 3 is 2.62 bits per heavy atom. The Hall–Kier alpha value is -1.26. The number of hydrogen-bond acceptors (Lipinski definition) is 3. The SMILES string of the molecule is CCCCOC(=O)NC(C)CCC(=O)NC. The normalized spacial score (nSPS) is 11.7. The molecular weight excluding hydrogens is 208 g/mol. The molecule has 0 aliphatic rings. The van der Waals surface area contributed by atoms with Gasteiger partial charge in [0, 0.05) is 19.5 Å². The van der Waals surface area contributed by atoms with Crippen LogP contribution >= 0.6 is 0 Å². The molecule has 2 N–H and O–H groups in total. The van der Waals surface area contributed by atoms with Gasteiger partial charge in [-0.25, -0.2) is 4.79 Å². The van der Waals surface area contributed by atoms with E-state index in [1.807, 2.05) is 13.8 Å². The first-order valence-electron chi connectivity index (χ1n) is 5.74. The zero-order valence-electron chi connectivity index (χ0n) is 10.3. The first-order chi connectivity index (χ1) is 7.60. The molecule has 1 unspecified atom stereocenters. The van der Waals surface area contributed by atoms with Gasteiger partial charge in [-0.15, -0.1) is 0 Å². The molecule has 0 spiro atoms. The minimum Gasteiger partial charge on any atom is -0.450 e. The Bertz CT molecular complexity index is 219. The van der Waals surface area contributed by atoms with Crippen LogP contribution in [0.3, 0.4) is 0 Å². The van der Waals surface area contributed by atoms with E-state index in [1.165, 1.54) is 0 Å². The molecule has 0 aromatic carbocycles. The monoisotopic (exact) mass is 230 g/mol. The standard InChI is InChI=1S/C11H22N2O3/c1-4-5-8-16-11(15)13-9(2)6-7-10(14)12-3/h9H,4-8H2,1-3H3,(H,12,14)(H,13,15). The van der Waals surface area contributed by atoms with E-state index in [0.29, 0.717) is 19.4 Å². The van der Waals surface area contributed by atoms with E-state index in [4.69, 9.17) is 4.74 Å². The van der Waals surface area contributed by atoms with Gasteiger partial charge in [0.25, 0.3) is 0 Å². The molecule has 0 saturated carbocycles. The molecular formula is C11H22N2O3. The van der Waals surface area contributed by atoms with Gasteiger partial charge in [0.2, 0.25) is 5.91 Å². The number of unbranched alkanes of at least 4 members (excludes halogenated alkanes) is 1. The van der Waals surface area contributed by atoms with Gasteiger partial charge in [-0.1, -0.05) is 13.3 Å². The molecule has 0 rings (SSSR count). The molecule has 1 atom stereocenters. The third-order valence-corrected chi connectivity index (χ3v) is 2.18. The van der Waals surface area contributed by atoms with Crippen molar-refractivity contribution in [2.24, 2.45) is 0 Å². The van der Waals surface area contributed by atoms with Crippen molar-refractivity contribution in [2.75, 3.05) is 13.7 Å². The molecule has 0 saturated heterocycles. The Morgan fingerprint density at radius 2 is 2.06 bits per heavy atom. The minimum absolute atomic E-state index is 0.0204. The van der Waals surface area contributed by atoms with Crippen LogP contribution in [0.5, 0.6) is 0 Å². The average molecular weight is 230 g/mol. The third kappa shape index (κ3) is 8.08. The molecule has 5 heteroatoms. The van der Waals surface area contributed by atoms with E-state index in [2.05, 4.69) is 10.6 Å². The van der Waals surface area contributed by atoms with Crippen molar-refractivity contribution >= 4 is 12.0 Å². The molecule has 0 radical (unpaired) electrons. The van der Waals surface area contributed by atoms with Crippen LogP contribution in [0.15, 0.2) is 0 Å². The first kappa shape index (κ1) is 14.7. The van der Waals surface area contributed by atoms with Crippen molar-refractivity contribution in [1.82, 2.24) is 10.6 Å². The third-order valence-electron chi connectivity index (χ3n) is 2.18. The Kier molecular flexibility index (Phi) is 8.29. The van der Waals surface area contributed by atoms with Crippen LogP contribution in [0.1, 0.15) is 39.5 Å². The van der Waals surface area contributed by atoms with Gasteiger partial charge in [0.1, 0.15) is 0 Å². The number of nitrogens with one attached hydrogen (secondary N) is 2. The van der Waals surface area contributed by atoms with E-state index < -0.39 is 6.09 Å². The number of carbonyl (C=O) groups excluding carboxylic acids is 2. The number of amides is 2. The number of alkyl carbamates (subject to hydrolysis) is 1. The van der Waals surface area contributed by atoms with Crippen LogP contribution in [0.2, 0.25) is 0 Å². The molecule has 94 valence electrons. The van der Waals surface area contributed by atoms with E-state index in [-0.39, 0.29) is 11.9 Å². The fourth-order valence-corrected chi connectivity index (χ4v) is 1.10. The van der Waals surface area contributed by atoms with Gasteiger partial charge in [-0.3, -0.25) is 4.79 Å². The lowest BCUT2D eigenvalue weighted by molar-refractivity contribution is -0.120. The predicted octanol–water partition coefficient (Wildman–Crippen LogP) is 1.43. The van der Waals surface area contributed by atoms with Crippen molar-refractivity contribution in [3.63, 3.8) is 0 Å². The van der Waals surface area contributed by atoms with Crippen molar-refractivity contribution < 1.29 is 14.3 Å². The predicted molar refractivity (Wildman–Crippen MR) is 62.2 cm³/mol. The van der Waals surface area contributed by atoms with Crippen molar-refractivity contribution in [3.8, 4) is 0 Å². The Labute approximate surface area is 96.9 Å². The highest BCUT2D eigenvalue weighted by atomic mass is 16.5. The highest BCUT2D eigenvalue weighted by Crippen LogP contribution is 1.97. The number of rotatable bonds is 7. The topological polar surface area (TPSA) is 67.4 Å². The molecule has 0 aromatic rings. The van der Waals surface area contributed by atoms with Crippen molar-refractivity contribution in [1.29, 1.82) is 0 Å². The molecule has 2 amide bonds. The molecule has 0 fully saturated rings. The number of carbonyl (C=O) groups is 2.